The maximum Gasteiger partial charge on any atom is 0.337 e. The van der Waals surface area contributed by atoms with Crippen molar-refractivity contribution in [1.29, 1.82) is 0 Å². The molecular weight excluding hydrogens is 288 g/mol. The number of rotatable bonds is 4. The van der Waals surface area contributed by atoms with E-state index in [0.717, 1.165) is 22.2 Å². The van der Waals surface area contributed by atoms with E-state index in [1.807, 2.05) is 24.4 Å². The van der Waals surface area contributed by atoms with Crippen LogP contribution in [0.2, 0.25) is 5.02 Å². The number of hydrogen-bond acceptors (Lipinski definition) is 2. The number of aromatic nitrogens is 1. The lowest BCUT2D eigenvalue weighted by atomic mass is 10.1. The van der Waals surface area contributed by atoms with E-state index in [1.54, 1.807) is 18.2 Å². The molecule has 0 atom stereocenters. The van der Waals surface area contributed by atoms with Crippen LogP contribution in [0.5, 0.6) is 0 Å². The zero-order chi connectivity index (χ0) is 14.8. The first-order chi connectivity index (χ1) is 10.1. The topological polar surface area (TPSA) is 65.1 Å². The van der Waals surface area contributed by atoms with Crippen LogP contribution < -0.4 is 5.32 Å². The molecule has 0 fully saturated rings. The molecule has 2 aromatic carbocycles. The zero-order valence-corrected chi connectivity index (χ0v) is 11.8. The summed E-state index contributed by atoms with van der Waals surface area (Å²) in [4.78, 5) is 14.2. The van der Waals surface area contributed by atoms with Crippen LogP contribution >= 0.6 is 11.6 Å². The summed E-state index contributed by atoms with van der Waals surface area (Å²) in [6.07, 6.45) is 1.90. The van der Waals surface area contributed by atoms with Gasteiger partial charge in [-0.3, -0.25) is 0 Å². The Balaban J connectivity index is 1.77. The van der Waals surface area contributed by atoms with Gasteiger partial charge < -0.3 is 15.4 Å². The lowest BCUT2D eigenvalue weighted by Crippen LogP contribution is -2.02. The largest absolute Gasteiger partial charge is 0.478 e. The van der Waals surface area contributed by atoms with E-state index >= 15 is 0 Å². The fourth-order valence-electron chi connectivity index (χ4n) is 2.22. The molecule has 0 aliphatic heterocycles. The number of aromatic amines is 1. The monoisotopic (exact) mass is 300 g/mol. The minimum absolute atomic E-state index is 0.0998. The second kappa shape index (κ2) is 5.50. The molecule has 1 aromatic heterocycles. The van der Waals surface area contributed by atoms with Gasteiger partial charge in [0.2, 0.25) is 0 Å². The SMILES string of the molecule is O=C(O)c1cc(NCc2ccc3[nH]ccc3c2)ccc1Cl. The highest BCUT2D eigenvalue weighted by Crippen LogP contribution is 2.21. The van der Waals surface area contributed by atoms with E-state index in [-0.39, 0.29) is 10.6 Å². The van der Waals surface area contributed by atoms with Gasteiger partial charge in [-0.2, -0.15) is 0 Å². The molecule has 0 saturated heterocycles. The number of hydrogen-bond donors (Lipinski definition) is 3. The summed E-state index contributed by atoms with van der Waals surface area (Å²) in [5.41, 5.74) is 3.04. The second-order valence-electron chi connectivity index (χ2n) is 4.75. The number of benzene rings is 2. The molecule has 3 N–H and O–H groups in total. The van der Waals surface area contributed by atoms with Crippen molar-refractivity contribution < 1.29 is 9.90 Å². The van der Waals surface area contributed by atoms with E-state index in [4.69, 9.17) is 16.7 Å². The van der Waals surface area contributed by atoms with Crippen molar-refractivity contribution in [2.45, 2.75) is 6.54 Å². The van der Waals surface area contributed by atoms with Gasteiger partial charge in [-0.05, 0) is 47.3 Å². The van der Waals surface area contributed by atoms with Crippen molar-refractivity contribution in [2.24, 2.45) is 0 Å². The molecule has 5 heteroatoms. The molecule has 0 unspecified atom stereocenters. The first-order valence-corrected chi connectivity index (χ1v) is 6.84. The summed E-state index contributed by atoms with van der Waals surface area (Å²) in [7, 11) is 0. The van der Waals surface area contributed by atoms with Gasteiger partial charge in [-0.15, -0.1) is 0 Å². The molecule has 106 valence electrons. The Bertz CT molecular complexity index is 811. The van der Waals surface area contributed by atoms with Gasteiger partial charge in [0.05, 0.1) is 10.6 Å². The van der Waals surface area contributed by atoms with Crippen molar-refractivity contribution in [3.63, 3.8) is 0 Å². The first kappa shape index (κ1) is 13.5. The number of carboxylic acid groups (broad SMARTS) is 1. The standard InChI is InChI=1S/C16H13ClN2O2/c17-14-3-2-12(8-13(14)16(20)21)19-9-10-1-4-15-11(7-10)5-6-18-15/h1-8,18-19H,9H2,(H,20,21). The Kier molecular flexibility index (Phi) is 3.54. The average molecular weight is 301 g/mol. The summed E-state index contributed by atoms with van der Waals surface area (Å²) in [6.45, 7) is 0.613. The molecule has 0 spiro atoms. The van der Waals surface area contributed by atoms with Crippen LogP contribution in [-0.4, -0.2) is 16.1 Å². The number of anilines is 1. The van der Waals surface area contributed by atoms with E-state index in [0.29, 0.717) is 6.54 Å². The van der Waals surface area contributed by atoms with E-state index in [9.17, 15) is 4.79 Å². The van der Waals surface area contributed by atoms with E-state index in [1.165, 1.54) is 0 Å². The highest BCUT2D eigenvalue weighted by Gasteiger charge is 2.09. The molecule has 0 aliphatic rings. The Morgan fingerprint density at radius 2 is 2.05 bits per heavy atom. The lowest BCUT2D eigenvalue weighted by Gasteiger charge is -2.08. The van der Waals surface area contributed by atoms with Crippen LogP contribution in [0.25, 0.3) is 10.9 Å². The van der Waals surface area contributed by atoms with Gasteiger partial charge >= 0.3 is 5.97 Å². The molecule has 0 aliphatic carbocycles. The molecule has 0 amide bonds. The predicted octanol–water partition coefficient (Wildman–Crippen LogP) is 4.13. The molecule has 0 bridgehead atoms. The van der Waals surface area contributed by atoms with Crippen molar-refractivity contribution in [3.05, 3.63) is 64.8 Å². The normalized spacial score (nSPS) is 10.7. The number of fused-ring (bicyclic) bond motifs is 1. The predicted molar refractivity (Wildman–Crippen MR) is 84.0 cm³/mol. The lowest BCUT2D eigenvalue weighted by molar-refractivity contribution is 0.0697. The minimum atomic E-state index is -1.03. The van der Waals surface area contributed by atoms with Gasteiger partial charge in [0.1, 0.15) is 0 Å². The smallest absolute Gasteiger partial charge is 0.337 e. The Morgan fingerprint density at radius 1 is 1.19 bits per heavy atom. The highest BCUT2D eigenvalue weighted by molar-refractivity contribution is 6.33. The minimum Gasteiger partial charge on any atom is -0.478 e. The number of halogens is 1. The van der Waals surface area contributed by atoms with Gasteiger partial charge in [0, 0.05) is 23.9 Å². The average Bonchev–Trinajstić information content (AvgIpc) is 2.93. The molecule has 21 heavy (non-hydrogen) atoms. The summed E-state index contributed by atoms with van der Waals surface area (Å²) in [5.74, 6) is -1.03. The van der Waals surface area contributed by atoms with Gasteiger partial charge in [-0.25, -0.2) is 4.79 Å². The third-order valence-corrected chi connectivity index (χ3v) is 3.64. The Morgan fingerprint density at radius 3 is 2.86 bits per heavy atom. The van der Waals surface area contributed by atoms with Crippen LogP contribution in [0, 0.1) is 0 Å². The summed E-state index contributed by atoms with van der Waals surface area (Å²) in [6, 6.07) is 13.1. The Hall–Kier alpha value is -2.46. The van der Waals surface area contributed by atoms with E-state index < -0.39 is 5.97 Å². The van der Waals surface area contributed by atoms with Crippen LogP contribution in [0.1, 0.15) is 15.9 Å². The van der Waals surface area contributed by atoms with E-state index in [2.05, 4.69) is 16.4 Å². The Labute approximate surface area is 126 Å². The number of nitrogens with one attached hydrogen (secondary N) is 2. The number of H-pyrrole nitrogens is 1. The quantitative estimate of drug-likeness (QED) is 0.678. The van der Waals surface area contributed by atoms with Crippen LogP contribution in [0.15, 0.2) is 48.7 Å². The summed E-state index contributed by atoms with van der Waals surface area (Å²) in [5, 5.41) is 13.6. The van der Waals surface area contributed by atoms with Crippen LogP contribution in [-0.2, 0) is 6.54 Å². The maximum atomic E-state index is 11.0. The number of carboxylic acids is 1. The van der Waals surface area contributed by atoms with Crippen molar-refractivity contribution in [2.75, 3.05) is 5.32 Å². The van der Waals surface area contributed by atoms with Crippen LogP contribution in [0.4, 0.5) is 5.69 Å². The molecular formula is C16H13ClN2O2. The van der Waals surface area contributed by atoms with Crippen molar-refractivity contribution in [1.82, 2.24) is 4.98 Å². The van der Waals surface area contributed by atoms with Crippen LogP contribution in [0.3, 0.4) is 0 Å². The highest BCUT2D eigenvalue weighted by atomic mass is 35.5. The fraction of sp³-hybridized carbons (Fsp3) is 0.0625. The first-order valence-electron chi connectivity index (χ1n) is 6.46. The molecule has 1 heterocycles. The molecule has 4 nitrogen and oxygen atoms in total. The van der Waals surface area contributed by atoms with Gasteiger partial charge in [-0.1, -0.05) is 17.7 Å². The van der Waals surface area contributed by atoms with Crippen molar-refractivity contribution >= 4 is 34.2 Å². The van der Waals surface area contributed by atoms with Crippen molar-refractivity contribution in [3.8, 4) is 0 Å². The molecule has 3 aromatic rings. The van der Waals surface area contributed by atoms with Gasteiger partial charge in [0.15, 0.2) is 0 Å². The maximum absolute atomic E-state index is 11.0. The summed E-state index contributed by atoms with van der Waals surface area (Å²) < 4.78 is 0. The third-order valence-electron chi connectivity index (χ3n) is 3.31. The molecule has 3 rings (SSSR count). The fourth-order valence-corrected chi connectivity index (χ4v) is 2.41. The third kappa shape index (κ3) is 2.85. The zero-order valence-electron chi connectivity index (χ0n) is 11.1. The number of aromatic carboxylic acids is 1. The van der Waals surface area contributed by atoms with Gasteiger partial charge in [0.25, 0.3) is 0 Å². The number of carbonyl (C=O) groups is 1. The molecule has 0 saturated carbocycles. The second-order valence-corrected chi connectivity index (χ2v) is 5.16. The molecule has 0 radical (unpaired) electrons. The summed E-state index contributed by atoms with van der Waals surface area (Å²) >= 11 is 5.85.